The van der Waals surface area contributed by atoms with E-state index in [2.05, 4.69) is 20.4 Å². The molecule has 6 nitrogen and oxygen atoms in total. The lowest BCUT2D eigenvalue weighted by Crippen LogP contribution is -2.13. The number of ketones is 1. The molecule has 1 aliphatic rings. The highest BCUT2D eigenvalue weighted by Gasteiger charge is 2.20. The molecule has 0 aliphatic heterocycles. The fourth-order valence-electron chi connectivity index (χ4n) is 3.22. The Labute approximate surface area is 139 Å². The Hall–Kier alpha value is -2.76. The molecule has 24 heavy (non-hydrogen) atoms. The molecule has 0 unspecified atom stereocenters. The second-order valence-electron chi connectivity index (χ2n) is 6.23. The van der Waals surface area contributed by atoms with Crippen molar-refractivity contribution in [2.45, 2.75) is 39.5 Å². The lowest BCUT2D eigenvalue weighted by Gasteiger charge is -2.20. The number of hydrogen-bond donors (Lipinski definition) is 1. The van der Waals surface area contributed by atoms with Crippen molar-refractivity contribution in [1.29, 1.82) is 0 Å². The first kappa shape index (κ1) is 14.8. The number of carbonyl (C=O) groups is 1. The largest absolute Gasteiger partial charge is 0.340 e. The molecule has 122 valence electrons. The van der Waals surface area contributed by atoms with Gasteiger partial charge in [-0.2, -0.15) is 9.50 Å². The van der Waals surface area contributed by atoms with Crippen molar-refractivity contribution >= 4 is 23.1 Å². The highest BCUT2D eigenvalue weighted by molar-refractivity contribution is 5.95. The van der Waals surface area contributed by atoms with E-state index in [4.69, 9.17) is 0 Å². The number of benzene rings is 1. The summed E-state index contributed by atoms with van der Waals surface area (Å²) in [5, 5.41) is 7.94. The molecular weight excluding hydrogens is 302 g/mol. The Bertz CT molecular complexity index is 944. The molecular formula is C18H19N5O. The third-order valence-electron chi connectivity index (χ3n) is 4.40. The van der Waals surface area contributed by atoms with Crippen LogP contribution in [-0.2, 0) is 12.8 Å². The fourth-order valence-corrected chi connectivity index (χ4v) is 3.22. The fraction of sp³-hybridized carbons (Fsp3) is 0.333. The predicted octanol–water partition coefficient (Wildman–Crippen LogP) is 3.26. The van der Waals surface area contributed by atoms with Gasteiger partial charge < -0.3 is 5.32 Å². The van der Waals surface area contributed by atoms with Crippen LogP contribution in [0.15, 0.2) is 24.3 Å². The van der Waals surface area contributed by atoms with Gasteiger partial charge in [-0.15, -0.1) is 5.10 Å². The lowest BCUT2D eigenvalue weighted by atomic mass is 9.96. The Morgan fingerprint density at radius 2 is 2.04 bits per heavy atom. The smallest absolute Gasteiger partial charge is 0.254 e. The molecule has 0 spiro atoms. The minimum Gasteiger partial charge on any atom is -0.340 e. The maximum atomic E-state index is 11.6. The number of aromatic nitrogens is 4. The van der Waals surface area contributed by atoms with Crippen LogP contribution < -0.4 is 5.32 Å². The van der Waals surface area contributed by atoms with Crippen LogP contribution in [0.4, 0.5) is 11.5 Å². The van der Waals surface area contributed by atoms with Crippen molar-refractivity contribution in [3.8, 4) is 0 Å². The first-order valence-corrected chi connectivity index (χ1v) is 8.25. The van der Waals surface area contributed by atoms with Crippen molar-refractivity contribution in [3.05, 3.63) is 46.9 Å². The maximum Gasteiger partial charge on any atom is 0.254 e. The van der Waals surface area contributed by atoms with Gasteiger partial charge in [0.25, 0.3) is 5.78 Å². The van der Waals surface area contributed by atoms with E-state index in [1.807, 2.05) is 31.2 Å². The molecule has 0 radical (unpaired) electrons. The number of anilines is 2. The van der Waals surface area contributed by atoms with Gasteiger partial charge >= 0.3 is 0 Å². The van der Waals surface area contributed by atoms with Gasteiger partial charge in [-0.3, -0.25) is 4.79 Å². The second-order valence-corrected chi connectivity index (χ2v) is 6.23. The zero-order valence-electron chi connectivity index (χ0n) is 13.8. The van der Waals surface area contributed by atoms with E-state index in [9.17, 15) is 4.79 Å². The minimum absolute atomic E-state index is 0.0529. The van der Waals surface area contributed by atoms with Crippen LogP contribution >= 0.6 is 0 Å². The number of carbonyl (C=O) groups excluding carboxylic acids is 1. The predicted molar refractivity (Wildman–Crippen MR) is 91.9 cm³/mol. The third-order valence-corrected chi connectivity index (χ3v) is 4.40. The average Bonchev–Trinajstić information content (AvgIpc) is 2.95. The van der Waals surface area contributed by atoms with E-state index >= 15 is 0 Å². The molecule has 0 saturated heterocycles. The number of nitrogens with zero attached hydrogens (tertiary/aromatic N) is 4. The van der Waals surface area contributed by atoms with Crippen LogP contribution in [0.5, 0.6) is 0 Å². The van der Waals surface area contributed by atoms with Crippen LogP contribution in [-0.4, -0.2) is 25.4 Å². The Kier molecular flexibility index (Phi) is 3.52. The molecule has 6 heteroatoms. The molecule has 0 saturated carbocycles. The van der Waals surface area contributed by atoms with Gasteiger partial charge in [0.1, 0.15) is 11.6 Å². The summed E-state index contributed by atoms with van der Waals surface area (Å²) < 4.78 is 1.78. The van der Waals surface area contributed by atoms with Gasteiger partial charge in [-0.1, -0.05) is 12.1 Å². The highest BCUT2D eigenvalue weighted by atomic mass is 16.1. The SMILES string of the molecule is CC(=O)c1cccc(Nc2c3c(nc4nc(C)nn24)CCCC3)c1. The van der Waals surface area contributed by atoms with Gasteiger partial charge in [0.15, 0.2) is 5.78 Å². The van der Waals surface area contributed by atoms with Crippen molar-refractivity contribution < 1.29 is 4.79 Å². The van der Waals surface area contributed by atoms with Gasteiger partial charge in [-0.25, -0.2) is 4.98 Å². The number of hydrogen-bond acceptors (Lipinski definition) is 5. The first-order valence-electron chi connectivity index (χ1n) is 8.25. The molecule has 2 aromatic heterocycles. The summed E-state index contributed by atoms with van der Waals surface area (Å²) in [6.45, 7) is 3.44. The van der Waals surface area contributed by atoms with Crippen LogP contribution in [0.1, 0.15) is 47.2 Å². The van der Waals surface area contributed by atoms with Gasteiger partial charge in [0, 0.05) is 16.8 Å². The summed E-state index contributed by atoms with van der Waals surface area (Å²) in [5.74, 6) is 2.29. The normalized spacial score (nSPS) is 13.8. The summed E-state index contributed by atoms with van der Waals surface area (Å²) in [6, 6.07) is 7.53. The monoisotopic (exact) mass is 321 g/mol. The van der Waals surface area contributed by atoms with Gasteiger partial charge in [-0.05, 0) is 51.7 Å². The van der Waals surface area contributed by atoms with Crippen molar-refractivity contribution in [1.82, 2.24) is 19.6 Å². The summed E-state index contributed by atoms with van der Waals surface area (Å²) in [5.41, 5.74) is 3.86. The quantitative estimate of drug-likeness (QED) is 0.750. The number of rotatable bonds is 3. The maximum absolute atomic E-state index is 11.6. The molecule has 0 amide bonds. The van der Waals surface area contributed by atoms with Gasteiger partial charge in [0.2, 0.25) is 0 Å². The number of nitrogens with one attached hydrogen (secondary N) is 1. The van der Waals surface area contributed by atoms with E-state index in [0.717, 1.165) is 42.9 Å². The topological polar surface area (TPSA) is 72.2 Å². The highest BCUT2D eigenvalue weighted by Crippen LogP contribution is 2.29. The molecule has 0 atom stereocenters. The van der Waals surface area contributed by atoms with Crippen molar-refractivity contribution in [2.24, 2.45) is 0 Å². The average molecular weight is 321 g/mol. The standard InChI is InChI=1S/C18H19N5O/c1-11(24)13-6-5-7-14(10-13)20-17-15-8-3-4-9-16(15)21-18-19-12(2)22-23(17)18/h5-7,10,20H,3-4,8-9H2,1-2H3. The number of aryl methyl sites for hydroxylation is 2. The number of Topliss-reactive ketones (excluding diaryl/α,β-unsaturated/α-hetero) is 1. The van der Waals surface area contributed by atoms with Crippen molar-refractivity contribution in [3.63, 3.8) is 0 Å². The molecule has 3 aromatic rings. The summed E-state index contributed by atoms with van der Waals surface area (Å²) in [6.07, 6.45) is 4.25. The molecule has 2 heterocycles. The van der Waals surface area contributed by atoms with Gasteiger partial charge in [0.05, 0.1) is 5.69 Å². The number of fused-ring (bicyclic) bond motifs is 2. The Morgan fingerprint density at radius 1 is 1.21 bits per heavy atom. The first-order chi connectivity index (χ1) is 11.6. The summed E-state index contributed by atoms with van der Waals surface area (Å²) in [7, 11) is 0. The van der Waals surface area contributed by atoms with Crippen LogP contribution in [0.25, 0.3) is 5.78 Å². The summed E-state index contributed by atoms with van der Waals surface area (Å²) in [4.78, 5) is 20.7. The molecule has 0 fully saturated rings. The second kappa shape index (κ2) is 5.70. The molecule has 1 aromatic carbocycles. The zero-order valence-corrected chi connectivity index (χ0v) is 13.8. The van der Waals surface area contributed by atoms with E-state index in [0.29, 0.717) is 17.2 Å². The Balaban J connectivity index is 1.86. The zero-order chi connectivity index (χ0) is 16.7. The third kappa shape index (κ3) is 2.54. The van der Waals surface area contributed by atoms with Crippen LogP contribution in [0.3, 0.4) is 0 Å². The van der Waals surface area contributed by atoms with Crippen LogP contribution in [0, 0.1) is 6.92 Å². The molecule has 1 N–H and O–H groups in total. The lowest BCUT2D eigenvalue weighted by molar-refractivity contribution is 0.101. The molecule has 1 aliphatic carbocycles. The molecule has 4 rings (SSSR count). The molecule has 0 bridgehead atoms. The van der Waals surface area contributed by atoms with E-state index < -0.39 is 0 Å². The summed E-state index contributed by atoms with van der Waals surface area (Å²) >= 11 is 0. The van der Waals surface area contributed by atoms with E-state index in [1.165, 1.54) is 5.56 Å². The van der Waals surface area contributed by atoms with E-state index in [-0.39, 0.29) is 5.78 Å². The Morgan fingerprint density at radius 3 is 2.88 bits per heavy atom. The minimum atomic E-state index is 0.0529. The van der Waals surface area contributed by atoms with Crippen molar-refractivity contribution in [2.75, 3.05) is 5.32 Å². The van der Waals surface area contributed by atoms with E-state index in [1.54, 1.807) is 11.4 Å². The van der Waals surface area contributed by atoms with Crippen LogP contribution in [0.2, 0.25) is 0 Å².